The molecule has 0 fully saturated rings. The van der Waals surface area contributed by atoms with Crippen molar-refractivity contribution in [2.75, 3.05) is 0 Å². The molecule has 0 amide bonds. The SMILES string of the molecule is Fc1cc(Br)cc(OCc2cn3ccccc3n2)c1. The van der Waals surface area contributed by atoms with Gasteiger partial charge in [-0.25, -0.2) is 9.37 Å². The lowest BCUT2D eigenvalue weighted by molar-refractivity contribution is 0.300. The van der Waals surface area contributed by atoms with E-state index in [2.05, 4.69) is 20.9 Å². The maximum atomic E-state index is 13.2. The fourth-order valence-corrected chi connectivity index (χ4v) is 2.27. The Morgan fingerprint density at radius 3 is 2.95 bits per heavy atom. The lowest BCUT2D eigenvalue weighted by Crippen LogP contribution is -1.96. The van der Waals surface area contributed by atoms with Crippen molar-refractivity contribution in [1.29, 1.82) is 0 Å². The van der Waals surface area contributed by atoms with Gasteiger partial charge in [-0.3, -0.25) is 0 Å². The molecule has 3 aromatic rings. The van der Waals surface area contributed by atoms with Crippen LogP contribution in [-0.4, -0.2) is 9.38 Å². The zero-order valence-corrected chi connectivity index (χ0v) is 11.5. The Morgan fingerprint density at radius 2 is 2.16 bits per heavy atom. The number of halogens is 2. The number of imidazole rings is 1. The third-order valence-corrected chi connectivity index (χ3v) is 3.09. The van der Waals surface area contributed by atoms with Crippen LogP contribution < -0.4 is 4.74 Å². The summed E-state index contributed by atoms with van der Waals surface area (Å²) in [6.45, 7) is 0.303. The van der Waals surface area contributed by atoms with Crippen molar-refractivity contribution in [2.45, 2.75) is 6.61 Å². The van der Waals surface area contributed by atoms with Crippen LogP contribution in [0.15, 0.2) is 53.3 Å². The van der Waals surface area contributed by atoms with Crippen LogP contribution in [0.1, 0.15) is 5.69 Å². The van der Waals surface area contributed by atoms with Gasteiger partial charge in [-0.05, 0) is 24.3 Å². The molecule has 3 rings (SSSR count). The molecular formula is C14H10BrFN2O. The molecule has 2 heterocycles. The van der Waals surface area contributed by atoms with Crippen LogP contribution in [0, 0.1) is 5.82 Å². The monoisotopic (exact) mass is 320 g/mol. The number of nitrogens with zero attached hydrogens (tertiary/aromatic N) is 2. The van der Waals surface area contributed by atoms with Crippen LogP contribution in [0.3, 0.4) is 0 Å². The number of rotatable bonds is 3. The van der Waals surface area contributed by atoms with E-state index in [1.165, 1.54) is 12.1 Å². The first kappa shape index (κ1) is 12.2. The second-order valence-electron chi connectivity index (χ2n) is 4.09. The average Bonchev–Trinajstić information content (AvgIpc) is 2.78. The molecule has 1 aromatic carbocycles. The van der Waals surface area contributed by atoms with E-state index >= 15 is 0 Å². The molecule has 0 bridgehead atoms. The normalized spacial score (nSPS) is 10.8. The van der Waals surface area contributed by atoms with Crippen molar-refractivity contribution < 1.29 is 9.13 Å². The molecule has 0 N–H and O–H groups in total. The molecule has 0 atom stereocenters. The second kappa shape index (κ2) is 5.01. The third-order valence-electron chi connectivity index (χ3n) is 2.64. The predicted octanol–water partition coefficient (Wildman–Crippen LogP) is 3.81. The lowest BCUT2D eigenvalue weighted by atomic mass is 10.3. The number of ether oxygens (including phenoxy) is 1. The molecule has 3 nitrogen and oxygen atoms in total. The molecule has 0 radical (unpaired) electrons. The molecule has 96 valence electrons. The van der Waals surface area contributed by atoms with Crippen molar-refractivity contribution in [3.05, 3.63) is 64.8 Å². The smallest absolute Gasteiger partial charge is 0.137 e. The van der Waals surface area contributed by atoms with Crippen molar-refractivity contribution in [1.82, 2.24) is 9.38 Å². The van der Waals surface area contributed by atoms with E-state index < -0.39 is 0 Å². The Hall–Kier alpha value is -1.88. The van der Waals surface area contributed by atoms with Gasteiger partial charge in [0, 0.05) is 22.9 Å². The molecule has 0 spiro atoms. The van der Waals surface area contributed by atoms with E-state index in [0.717, 1.165) is 11.3 Å². The summed E-state index contributed by atoms with van der Waals surface area (Å²) < 4.78 is 21.3. The second-order valence-corrected chi connectivity index (χ2v) is 5.01. The standard InChI is InChI=1S/C14H10BrFN2O/c15-10-5-11(16)7-13(6-10)19-9-12-8-18-4-2-1-3-14(18)17-12/h1-8H,9H2. The highest BCUT2D eigenvalue weighted by Gasteiger charge is 2.04. The van der Waals surface area contributed by atoms with Gasteiger partial charge in [-0.2, -0.15) is 0 Å². The molecule has 2 aromatic heterocycles. The number of hydrogen-bond acceptors (Lipinski definition) is 2. The Kier molecular flexibility index (Phi) is 3.21. The summed E-state index contributed by atoms with van der Waals surface area (Å²) in [6, 6.07) is 10.2. The van der Waals surface area contributed by atoms with E-state index in [-0.39, 0.29) is 5.82 Å². The molecule has 5 heteroatoms. The highest BCUT2D eigenvalue weighted by Crippen LogP contribution is 2.21. The molecule has 0 aliphatic rings. The highest BCUT2D eigenvalue weighted by molar-refractivity contribution is 9.10. The van der Waals surface area contributed by atoms with Crippen LogP contribution >= 0.6 is 15.9 Å². The summed E-state index contributed by atoms with van der Waals surface area (Å²) in [5, 5.41) is 0. The molecule has 0 saturated heterocycles. The van der Waals surface area contributed by atoms with Crippen molar-refractivity contribution >= 4 is 21.6 Å². The number of hydrogen-bond donors (Lipinski definition) is 0. The third kappa shape index (κ3) is 2.76. The number of pyridine rings is 1. The summed E-state index contributed by atoms with van der Waals surface area (Å²) in [5.41, 5.74) is 1.66. The fourth-order valence-electron chi connectivity index (χ4n) is 1.83. The summed E-state index contributed by atoms with van der Waals surface area (Å²) in [4.78, 5) is 4.41. The van der Waals surface area contributed by atoms with Crippen molar-refractivity contribution in [2.24, 2.45) is 0 Å². The number of aromatic nitrogens is 2. The topological polar surface area (TPSA) is 26.5 Å². The quantitative estimate of drug-likeness (QED) is 0.733. The minimum Gasteiger partial charge on any atom is -0.487 e. The van der Waals surface area contributed by atoms with E-state index in [0.29, 0.717) is 16.8 Å². The summed E-state index contributed by atoms with van der Waals surface area (Å²) >= 11 is 3.23. The van der Waals surface area contributed by atoms with Crippen LogP contribution in [0.2, 0.25) is 0 Å². The van der Waals surface area contributed by atoms with E-state index in [1.807, 2.05) is 35.0 Å². The first-order chi connectivity index (χ1) is 9.20. The van der Waals surface area contributed by atoms with Gasteiger partial charge >= 0.3 is 0 Å². The largest absolute Gasteiger partial charge is 0.487 e. The molecule has 0 saturated carbocycles. The zero-order valence-electron chi connectivity index (χ0n) is 9.88. The van der Waals surface area contributed by atoms with Crippen molar-refractivity contribution in [3.63, 3.8) is 0 Å². The molecule has 0 aliphatic heterocycles. The van der Waals surface area contributed by atoms with Gasteiger partial charge in [0.1, 0.15) is 23.8 Å². The van der Waals surface area contributed by atoms with Gasteiger partial charge in [0.05, 0.1) is 5.69 Å². The predicted molar refractivity (Wildman–Crippen MR) is 73.6 cm³/mol. The van der Waals surface area contributed by atoms with Gasteiger partial charge in [0.15, 0.2) is 0 Å². The Morgan fingerprint density at radius 1 is 1.26 bits per heavy atom. The van der Waals surface area contributed by atoms with E-state index in [4.69, 9.17) is 4.74 Å². The van der Waals surface area contributed by atoms with Crippen LogP contribution in [0.25, 0.3) is 5.65 Å². The van der Waals surface area contributed by atoms with Gasteiger partial charge in [-0.15, -0.1) is 0 Å². The first-order valence-electron chi connectivity index (χ1n) is 5.72. The maximum absolute atomic E-state index is 13.2. The van der Waals surface area contributed by atoms with E-state index in [1.54, 1.807) is 6.07 Å². The van der Waals surface area contributed by atoms with Gasteiger partial charge in [-0.1, -0.05) is 22.0 Å². The molecule has 0 unspecified atom stereocenters. The first-order valence-corrected chi connectivity index (χ1v) is 6.51. The van der Waals surface area contributed by atoms with Gasteiger partial charge in [0.25, 0.3) is 0 Å². The van der Waals surface area contributed by atoms with Gasteiger partial charge < -0.3 is 9.14 Å². The van der Waals surface area contributed by atoms with Crippen LogP contribution in [-0.2, 0) is 6.61 Å². The summed E-state index contributed by atoms with van der Waals surface area (Å²) in [5.74, 6) is 0.142. The number of fused-ring (bicyclic) bond motifs is 1. The van der Waals surface area contributed by atoms with E-state index in [9.17, 15) is 4.39 Å². The van der Waals surface area contributed by atoms with Gasteiger partial charge in [0.2, 0.25) is 0 Å². The van der Waals surface area contributed by atoms with Crippen LogP contribution in [0.5, 0.6) is 5.75 Å². The number of benzene rings is 1. The summed E-state index contributed by atoms with van der Waals surface area (Å²) in [7, 11) is 0. The average molecular weight is 321 g/mol. The highest BCUT2D eigenvalue weighted by atomic mass is 79.9. The fraction of sp³-hybridized carbons (Fsp3) is 0.0714. The Labute approximate surface area is 117 Å². The Balaban J connectivity index is 1.78. The zero-order chi connectivity index (χ0) is 13.2. The molecular weight excluding hydrogens is 311 g/mol. The molecule has 19 heavy (non-hydrogen) atoms. The minimum absolute atomic E-state index is 0.303. The van der Waals surface area contributed by atoms with Crippen molar-refractivity contribution in [3.8, 4) is 5.75 Å². The Bertz CT molecular complexity index is 673. The van der Waals surface area contributed by atoms with Crippen LogP contribution in [0.4, 0.5) is 4.39 Å². The molecule has 0 aliphatic carbocycles. The lowest BCUT2D eigenvalue weighted by Gasteiger charge is -2.04. The summed E-state index contributed by atoms with van der Waals surface area (Å²) in [6.07, 6.45) is 3.81. The minimum atomic E-state index is -0.334. The maximum Gasteiger partial charge on any atom is 0.137 e.